The highest BCUT2D eigenvalue weighted by Gasteiger charge is 2.31. The van der Waals surface area contributed by atoms with Crippen LogP contribution in [0.5, 0.6) is 0 Å². The second-order valence-electron chi connectivity index (χ2n) is 11.9. The number of azide groups is 2. The lowest BCUT2D eigenvalue weighted by Gasteiger charge is -2.19. The first-order valence-corrected chi connectivity index (χ1v) is 18.0. The molecule has 2 atom stereocenters. The van der Waals surface area contributed by atoms with Crippen molar-refractivity contribution in [3.63, 3.8) is 0 Å². The van der Waals surface area contributed by atoms with Crippen LogP contribution in [0.2, 0.25) is 0 Å². The Morgan fingerprint density at radius 2 is 1.09 bits per heavy atom. The van der Waals surface area contributed by atoms with E-state index in [0.717, 1.165) is 6.92 Å². The summed E-state index contributed by atoms with van der Waals surface area (Å²) >= 11 is 0. The van der Waals surface area contributed by atoms with Crippen LogP contribution in [-0.2, 0) is 54.0 Å². The molecule has 2 amide bonds. The summed E-state index contributed by atoms with van der Waals surface area (Å²) in [5.74, 6) is -16.5. The molecule has 0 saturated carbocycles. The van der Waals surface area contributed by atoms with Gasteiger partial charge in [0.1, 0.15) is 18.2 Å². The van der Waals surface area contributed by atoms with Crippen molar-refractivity contribution in [1.29, 1.82) is 0 Å². The van der Waals surface area contributed by atoms with Crippen LogP contribution >= 0.6 is 0 Å². The number of ether oxygens (including phenoxy) is 6. The molecule has 0 bridgehead atoms. The standard InChI is InChI=1S/C34H49F5N8O10/c1-23(27(49)21-25-29(35)31(37)33(39)32(38)30(25)36)26(48)20-24(34(51)43-6-9-52-12-15-55-16-13-53-10-7-44-46-40)4-2-3-5-42-28(50)22-57-19-18-56-17-14-54-11-8-45-47-41/h23-24H,2-22H2,1H3,(H,42,50)(H,43,51). The first kappa shape index (κ1) is 50.5. The molecule has 0 saturated heterocycles. The molecule has 2 N–H and O–H groups in total. The molecule has 0 aliphatic carbocycles. The van der Waals surface area contributed by atoms with Gasteiger partial charge in [0.25, 0.3) is 0 Å². The molecule has 0 aromatic heterocycles. The topological polar surface area (TPSA) is 245 Å². The average Bonchev–Trinajstić information content (AvgIpc) is 3.20. The van der Waals surface area contributed by atoms with Gasteiger partial charge in [-0.15, -0.1) is 0 Å². The molecule has 320 valence electrons. The number of carbonyl (C=O) groups is 4. The van der Waals surface area contributed by atoms with Gasteiger partial charge in [-0.05, 0) is 30.8 Å². The van der Waals surface area contributed by atoms with Crippen LogP contribution in [-0.4, -0.2) is 129 Å². The SMILES string of the molecule is CC(C(=O)Cc1c(F)c(F)c(F)c(F)c1F)C(=O)CC(CCCCNC(=O)COCCOCCOCCN=[N+]=[N-])C(=O)NCCOCCOCCOCCN=[N+]=[N-]. The quantitative estimate of drug-likeness (QED) is 0.0146. The van der Waals surface area contributed by atoms with Crippen LogP contribution < -0.4 is 10.6 Å². The predicted octanol–water partition coefficient (Wildman–Crippen LogP) is 3.83. The molecule has 57 heavy (non-hydrogen) atoms. The summed E-state index contributed by atoms with van der Waals surface area (Å²) in [6.07, 6.45) is -0.841. The lowest BCUT2D eigenvalue weighted by molar-refractivity contribution is -0.135. The zero-order valence-electron chi connectivity index (χ0n) is 31.7. The maximum absolute atomic E-state index is 14.2. The molecule has 23 heteroatoms. The first-order chi connectivity index (χ1) is 27.5. The minimum atomic E-state index is -2.38. The Balaban J connectivity index is 2.58. The zero-order valence-corrected chi connectivity index (χ0v) is 31.7. The normalized spacial score (nSPS) is 12.0. The minimum Gasteiger partial charge on any atom is -0.379 e. The van der Waals surface area contributed by atoms with Gasteiger partial charge < -0.3 is 39.1 Å². The van der Waals surface area contributed by atoms with E-state index in [2.05, 4.69) is 30.7 Å². The monoisotopic (exact) mass is 824 g/mol. The zero-order chi connectivity index (χ0) is 42.3. The van der Waals surface area contributed by atoms with Crippen LogP contribution in [0.4, 0.5) is 22.0 Å². The third kappa shape index (κ3) is 22.2. The largest absolute Gasteiger partial charge is 0.379 e. The average molecular weight is 825 g/mol. The molecule has 1 aromatic rings. The molecule has 0 radical (unpaired) electrons. The Labute approximate surface area is 325 Å². The highest BCUT2D eigenvalue weighted by molar-refractivity contribution is 6.03. The number of carbonyl (C=O) groups excluding carboxylic acids is 4. The summed E-state index contributed by atoms with van der Waals surface area (Å²) in [6, 6.07) is 0. The first-order valence-electron chi connectivity index (χ1n) is 18.0. The number of nitrogens with zero attached hydrogens (tertiary/aromatic N) is 6. The summed E-state index contributed by atoms with van der Waals surface area (Å²) in [4.78, 5) is 56.3. The Morgan fingerprint density at radius 3 is 1.61 bits per heavy atom. The second-order valence-corrected chi connectivity index (χ2v) is 11.9. The lowest BCUT2D eigenvalue weighted by Crippen LogP contribution is -2.36. The number of amides is 2. The van der Waals surface area contributed by atoms with Crippen molar-refractivity contribution in [1.82, 2.24) is 10.6 Å². The molecule has 18 nitrogen and oxygen atoms in total. The van der Waals surface area contributed by atoms with Crippen LogP contribution in [0, 0.1) is 40.9 Å². The number of hydrogen-bond acceptors (Lipinski definition) is 12. The number of Topliss-reactive ketones (excluding diaryl/α,β-unsaturated/α-hetero) is 2. The van der Waals surface area contributed by atoms with E-state index in [0.29, 0.717) is 19.4 Å². The molecule has 0 aliphatic rings. The van der Waals surface area contributed by atoms with Gasteiger partial charge in [-0.3, -0.25) is 19.2 Å². The van der Waals surface area contributed by atoms with E-state index >= 15 is 0 Å². The summed E-state index contributed by atoms with van der Waals surface area (Å²) in [5.41, 5.74) is 15.0. The Kier molecular flexibility index (Phi) is 28.0. The maximum atomic E-state index is 14.2. The number of rotatable bonds is 35. The smallest absolute Gasteiger partial charge is 0.245 e. The van der Waals surface area contributed by atoms with Gasteiger partial charge >= 0.3 is 0 Å². The van der Waals surface area contributed by atoms with Gasteiger partial charge in [0.05, 0.1) is 78.6 Å². The number of ketones is 2. The Bertz CT molecular complexity index is 1470. The van der Waals surface area contributed by atoms with E-state index < -0.39 is 82.7 Å². The number of nitrogens with one attached hydrogen (secondary N) is 2. The fraction of sp³-hybridized carbons (Fsp3) is 0.706. The summed E-state index contributed by atoms with van der Waals surface area (Å²) < 4.78 is 101. The summed E-state index contributed by atoms with van der Waals surface area (Å²) in [7, 11) is 0. The summed E-state index contributed by atoms with van der Waals surface area (Å²) in [6.45, 7) is 4.14. The fourth-order valence-corrected chi connectivity index (χ4v) is 4.69. The number of halogens is 5. The predicted molar refractivity (Wildman–Crippen MR) is 190 cm³/mol. The van der Waals surface area contributed by atoms with Crippen LogP contribution in [0.1, 0.15) is 38.2 Å². The number of hydrogen-bond donors (Lipinski definition) is 2. The highest BCUT2D eigenvalue weighted by atomic mass is 19.2. The molecule has 0 heterocycles. The van der Waals surface area contributed by atoms with Crippen molar-refractivity contribution in [3.8, 4) is 0 Å². The van der Waals surface area contributed by atoms with Crippen molar-refractivity contribution in [2.24, 2.45) is 22.1 Å². The van der Waals surface area contributed by atoms with E-state index in [-0.39, 0.29) is 105 Å². The highest BCUT2D eigenvalue weighted by Crippen LogP contribution is 2.25. The van der Waals surface area contributed by atoms with Crippen molar-refractivity contribution in [2.75, 3.05) is 105 Å². The van der Waals surface area contributed by atoms with E-state index in [1.807, 2.05) is 0 Å². The number of benzene rings is 1. The molecule has 2 unspecified atom stereocenters. The van der Waals surface area contributed by atoms with Gasteiger partial charge in [-0.2, -0.15) is 0 Å². The van der Waals surface area contributed by atoms with Crippen LogP contribution in [0.15, 0.2) is 10.2 Å². The van der Waals surface area contributed by atoms with Crippen molar-refractivity contribution >= 4 is 23.4 Å². The molecule has 0 fully saturated rings. The number of unbranched alkanes of at least 4 members (excludes halogenated alkanes) is 1. The summed E-state index contributed by atoms with van der Waals surface area (Å²) in [5, 5.41) is 12.0. The van der Waals surface area contributed by atoms with Crippen LogP contribution in [0.25, 0.3) is 20.9 Å². The van der Waals surface area contributed by atoms with Crippen LogP contribution in [0.3, 0.4) is 0 Å². The molecular weight excluding hydrogens is 775 g/mol. The van der Waals surface area contributed by atoms with Gasteiger partial charge in [0, 0.05) is 60.3 Å². The van der Waals surface area contributed by atoms with E-state index in [1.54, 1.807) is 0 Å². The van der Waals surface area contributed by atoms with Crippen molar-refractivity contribution < 1.29 is 69.6 Å². The van der Waals surface area contributed by atoms with Gasteiger partial charge in [-0.1, -0.05) is 16.6 Å². The Morgan fingerprint density at radius 1 is 0.614 bits per heavy atom. The fourth-order valence-electron chi connectivity index (χ4n) is 4.69. The third-order valence-corrected chi connectivity index (χ3v) is 7.80. The van der Waals surface area contributed by atoms with E-state index in [1.165, 1.54) is 0 Å². The van der Waals surface area contributed by atoms with Crippen molar-refractivity contribution in [2.45, 2.75) is 39.0 Å². The van der Waals surface area contributed by atoms with Crippen molar-refractivity contribution in [3.05, 3.63) is 55.5 Å². The Hall–Kier alpha value is -4.47. The lowest BCUT2D eigenvalue weighted by atomic mass is 9.87. The molecule has 1 aromatic carbocycles. The van der Waals surface area contributed by atoms with Gasteiger partial charge in [0.2, 0.25) is 17.6 Å². The molecule has 1 rings (SSSR count). The second kappa shape index (κ2) is 31.6. The van der Waals surface area contributed by atoms with Gasteiger partial charge in [-0.25, -0.2) is 22.0 Å². The molecule has 0 aliphatic heterocycles. The van der Waals surface area contributed by atoms with Gasteiger partial charge in [0.15, 0.2) is 23.3 Å². The molecular formula is C34H49F5N8O10. The maximum Gasteiger partial charge on any atom is 0.245 e. The minimum absolute atomic E-state index is 0.0501. The van der Waals surface area contributed by atoms with E-state index in [4.69, 9.17) is 39.5 Å². The third-order valence-electron chi connectivity index (χ3n) is 7.80. The molecule has 0 spiro atoms. The van der Waals surface area contributed by atoms with E-state index in [9.17, 15) is 41.1 Å².